The molecule has 0 aliphatic carbocycles. The molecule has 4 aromatic rings. The molecule has 2 aromatic carbocycles. The molecule has 2 heterocycles. The Bertz CT molecular complexity index is 1380. The van der Waals surface area contributed by atoms with Crippen molar-refractivity contribution in [2.75, 3.05) is 6.54 Å². The molecule has 0 radical (unpaired) electrons. The zero-order chi connectivity index (χ0) is 24.1. The van der Waals surface area contributed by atoms with Gasteiger partial charge in [-0.1, -0.05) is 23.8 Å². The third-order valence-corrected chi connectivity index (χ3v) is 7.06. The Balaban J connectivity index is 1.41. The maximum Gasteiger partial charge on any atom is 0.251 e. The molecule has 0 fully saturated rings. The quantitative estimate of drug-likeness (QED) is 0.408. The van der Waals surface area contributed by atoms with Crippen LogP contribution in [0.5, 0.6) is 0 Å². The number of nitrogens with one attached hydrogen (secondary N) is 1. The minimum atomic E-state index is -3.55. The number of oxazole rings is 1. The number of benzene rings is 2. The molecule has 1 amide bonds. The standard InChI is InChI=1S/C26H25N3O4S/c1-18-5-11-23(12-6-18)34(31,32)17-24-19(2)33-26(29-24)22-9-7-21(8-10-22)25(30)28-15-13-20-4-3-14-27-16-20/h3-12,14,16H,13,15,17H2,1-2H3,(H,28,30). The molecule has 0 unspecified atom stereocenters. The normalized spacial score (nSPS) is 11.4. The maximum absolute atomic E-state index is 12.8. The van der Waals surface area contributed by atoms with Crippen molar-refractivity contribution in [2.45, 2.75) is 30.9 Å². The number of aromatic nitrogens is 2. The van der Waals surface area contributed by atoms with Crippen LogP contribution in [-0.2, 0) is 22.0 Å². The molecule has 7 nitrogen and oxygen atoms in total. The predicted octanol–water partition coefficient (Wildman–Crippen LogP) is 4.30. The zero-order valence-corrected chi connectivity index (χ0v) is 19.8. The van der Waals surface area contributed by atoms with Crippen LogP contribution >= 0.6 is 0 Å². The van der Waals surface area contributed by atoms with E-state index < -0.39 is 9.84 Å². The predicted molar refractivity (Wildman–Crippen MR) is 129 cm³/mol. The molecule has 0 aliphatic heterocycles. The first-order chi connectivity index (χ1) is 16.3. The van der Waals surface area contributed by atoms with Gasteiger partial charge in [0.1, 0.15) is 11.5 Å². The maximum atomic E-state index is 12.8. The van der Waals surface area contributed by atoms with Gasteiger partial charge in [0.2, 0.25) is 5.89 Å². The molecule has 8 heteroatoms. The summed E-state index contributed by atoms with van der Waals surface area (Å²) in [7, 11) is -3.55. The van der Waals surface area contributed by atoms with E-state index in [-0.39, 0.29) is 16.6 Å². The van der Waals surface area contributed by atoms with Gasteiger partial charge in [-0.05, 0) is 68.3 Å². The van der Waals surface area contributed by atoms with Crippen LogP contribution in [0.25, 0.3) is 11.5 Å². The van der Waals surface area contributed by atoms with E-state index in [1.807, 2.05) is 19.1 Å². The topological polar surface area (TPSA) is 102 Å². The van der Waals surface area contributed by atoms with Gasteiger partial charge in [0.15, 0.2) is 9.84 Å². The fourth-order valence-electron chi connectivity index (χ4n) is 3.43. The fraction of sp³-hybridized carbons (Fsp3) is 0.192. The van der Waals surface area contributed by atoms with Gasteiger partial charge in [-0.25, -0.2) is 13.4 Å². The van der Waals surface area contributed by atoms with Crippen LogP contribution in [0.3, 0.4) is 0 Å². The molecule has 1 N–H and O–H groups in total. The van der Waals surface area contributed by atoms with Crippen molar-refractivity contribution < 1.29 is 17.6 Å². The molecular weight excluding hydrogens is 450 g/mol. The summed E-state index contributed by atoms with van der Waals surface area (Å²) in [5, 5.41) is 2.89. The van der Waals surface area contributed by atoms with Crippen molar-refractivity contribution in [3.8, 4) is 11.5 Å². The number of carbonyl (C=O) groups is 1. The number of aryl methyl sites for hydroxylation is 2. The Kier molecular flexibility index (Phi) is 6.88. The number of sulfone groups is 1. The minimum Gasteiger partial charge on any atom is -0.441 e. The largest absolute Gasteiger partial charge is 0.441 e. The lowest BCUT2D eigenvalue weighted by Gasteiger charge is -2.05. The molecule has 0 bridgehead atoms. The first-order valence-electron chi connectivity index (χ1n) is 10.8. The van der Waals surface area contributed by atoms with Gasteiger partial charge >= 0.3 is 0 Å². The number of rotatable bonds is 8. The second-order valence-electron chi connectivity index (χ2n) is 8.04. The highest BCUT2D eigenvalue weighted by atomic mass is 32.2. The SMILES string of the molecule is Cc1ccc(S(=O)(=O)Cc2nc(-c3ccc(C(=O)NCCc4cccnc4)cc3)oc2C)cc1. The van der Waals surface area contributed by atoms with E-state index in [1.165, 1.54) is 0 Å². The number of carbonyl (C=O) groups excluding carboxylic acids is 1. The molecule has 174 valence electrons. The Labute approximate surface area is 198 Å². The molecule has 0 spiro atoms. The smallest absolute Gasteiger partial charge is 0.251 e. The van der Waals surface area contributed by atoms with E-state index in [9.17, 15) is 13.2 Å². The molecule has 0 saturated heterocycles. The van der Waals surface area contributed by atoms with Crippen LogP contribution in [-0.4, -0.2) is 30.8 Å². The van der Waals surface area contributed by atoms with E-state index >= 15 is 0 Å². The summed E-state index contributed by atoms with van der Waals surface area (Å²) in [6.07, 6.45) is 4.19. The zero-order valence-electron chi connectivity index (χ0n) is 19.0. The van der Waals surface area contributed by atoms with Crippen molar-refractivity contribution in [1.82, 2.24) is 15.3 Å². The molecular formula is C26H25N3O4S. The van der Waals surface area contributed by atoms with Gasteiger partial charge < -0.3 is 9.73 Å². The van der Waals surface area contributed by atoms with Crippen molar-refractivity contribution in [3.63, 3.8) is 0 Å². The monoisotopic (exact) mass is 475 g/mol. The van der Waals surface area contributed by atoms with Gasteiger partial charge in [-0.15, -0.1) is 0 Å². The van der Waals surface area contributed by atoms with E-state index in [4.69, 9.17) is 4.42 Å². The van der Waals surface area contributed by atoms with Crippen LogP contribution in [0.2, 0.25) is 0 Å². The third-order valence-electron chi connectivity index (χ3n) is 5.42. The van der Waals surface area contributed by atoms with Crippen LogP contribution < -0.4 is 5.32 Å². The van der Waals surface area contributed by atoms with E-state index in [2.05, 4.69) is 15.3 Å². The lowest BCUT2D eigenvalue weighted by Crippen LogP contribution is -2.25. The van der Waals surface area contributed by atoms with Crippen molar-refractivity contribution in [2.24, 2.45) is 0 Å². The first-order valence-corrected chi connectivity index (χ1v) is 12.5. The van der Waals surface area contributed by atoms with Crippen LogP contribution in [0.1, 0.15) is 32.9 Å². The van der Waals surface area contributed by atoms with Gasteiger partial charge in [0.25, 0.3) is 5.91 Å². The summed E-state index contributed by atoms with van der Waals surface area (Å²) in [6.45, 7) is 4.10. The van der Waals surface area contributed by atoms with Gasteiger partial charge in [0.05, 0.1) is 10.6 Å². The molecule has 0 aliphatic rings. The minimum absolute atomic E-state index is 0.177. The summed E-state index contributed by atoms with van der Waals surface area (Å²) in [5.41, 5.74) is 3.59. The number of amides is 1. The summed E-state index contributed by atoms with van der Waals surface area (Å²) in [4.78, 5) is 21.1. The number of nitrogens with zero attached hydrogens (tertiary/aromatic N) is 2. The highest BCUT2D eigenvalue weighted by molar-refractivity contribution is 7.90. The average Bonchev–Trinajstić information content (AvgIpc) is 3.19. The average molecular weight is 476 g/mol. The lowest BCUT2D eigenvalue weighted by atomic mass is 10.1. The molecule has 0 atom stereocenters. The van der Waals surface area contributed by atoms with Gasteiger partial charge in [-0.2, -0.15) is 0 Å². The Morgan fingerprint density at radius 1 is 1.00 bits per heavy atom. The second kappa shape index (κ2) is 10.0. The van der Waals surface area contributed by atoms with Gasteiger partial charge in [0, 0.05) is 30.1 Å². The summed E-state index contributed by atoms with van der Waals surface area (Å²) < 4.78 is 31.3. The highest BCUT2D eigenvalue weighted by Crippen LogP contribution is 2.25. The lowest BCUT2D eigenvalue weighted by molar-refractivity contribution is 0.0954. The van der Waals surface area contributed by atoms with Crippen molar-refractivity contribution in [1.29, 1.82) is 0 Å². The Morgan fingerprint density at radius 3 is 2.41 bits per heavy atom. The van der Waals surface area contributed by atoms with Gasteiger partial charge in [-0.3, -0.25) is 9.78 Å². The van der Waals surface area contributed by atoms with E-state index in [0.717, 1.165) is 11.1 Å². The van der Waals surface area contributed by atoms with Crippen LogP contribution in [0, 0.1) is 13.8 Å². The van der Waals surface area contributed by atoms with E-state index in [1.54, 1.807) is 67.8 Å². The third kappa shape index (κ3) is 5.58. The van der Waals surface area contributed by atoms with Crippen LogP contribution in [0.15, 0.2) is 82.4 Å². The molecule has 34 heavy (non-hydrogen) atoms. The molecule has 4 rings (SSSR count). The second-order valence-corrected chi connectivity index (χ2v) is 10.0. The van der Waals surface area contributed by atoms with Crippen molar-refractivity contribution in [3.05, 3.63) is 101 Å². The number of hydrogen-bond donors (Lipinski definition) is 1. The summed E-state index contributed by atoms with van der Waals surface area (Å²) >= 11 is 0. The van der Waals surface area contributed by atoms with Crippen LogP contribution in [0.4, 0.5) is 0 Å². The van der Waals surface area contributed by atoms with E-state index in [0.29, 0.717) is 41.4 Å². The Hall–Kier alpha value is -3.78. The fourth-order valence-corrected chi connectivity index (χ4v) is 4.77. The summed E-state index contributed by atoms with van der Waals surface area (Å²) in [5.74, 6) is 0.338. The number of hydrogen-bond acceptors (Lipinski definition) is 6. The summed E-state index contributed by atoms with van der Waals surface area (Å²) in [6, 6.07) is 17.4. The molecule has 0 saturated carbocycles. The number of pyridine rings is 1. The Morgan fingerprint density at radius 2 is 1.74 bits per heavy atom. The van der Waals surface area contributed by atoms with Crippen molar-refractivity contribution >= 4 is 15.7 Å². The first kappa shape index (κ1) is 23.4. The highest BCUT2D eigenvalue weighted by Gasteiger charge is 2.21. The molecule has 2 aromatic heterocycles.